The van der Waals surface area contributed by atoms with Crippen molar-refractivity contribution in [1.29, 1.82) is 0 Å². The highest BCUT2D eigenvalue weighted by Crippen LogP contribution is 2.48. The van der Waals surface area contributed by atoms with Crippen LogP contribution in [0.2, 0.25) is 0 Å². The van der Waals surface area contributed by atoms with Crippen LogP contribution in [0.5, 0.6) is 0 Å². The molecule has 190 valence electrons. The molecule has 3 aliphatic rings. The van der Waals surface area contributed by atoms with Crippen molar-refractivity contribution in [3.8, 4) is 11.1 Å². The molecular formula is C30H32N4O3. The van der Waals surface area contributed by atoms with Crippen LogP contribution in [0, 0.1) is 0 Å². The number of morpholine rings is 1. The fourth-order valence-corrected chi connectivity index (χ4v) is 5.37. The standard InChI is InChI=1S/C30H32N4O3/c31-26-9-8-22(20-4-2-1-3-5-20)18-27(26)32-30(36)24-16-23-19-28(35)34(11-10-33-12-14-37-15-13-33)29(23)25(17-24)21-6-7-21/h1-5,8-9,16-18,21H,6-7,10-15,19,31H2,(H,32,36). The summed E-state index contributed by atoms with van der Waals surface area (Å²) in [4.78, 5) is 30.8. The third-order valence-corrected chi connectivity index (χ3v) is 7.56. The van der Waals surface area contributed by atoms with Crippen molar-refractivity contribution in [2.45, 2.75) is 25.2 Å². The second-order valence-electron chi connectivity index (χ2n) is 10.1. The van der Waals surface area contributed by atoms with Gasteiger partial charge in [-0.25, -0.2) is 0 Å². The van der Waals surface area contributed by atoms with E-state index in [9.17, 15) is 9.59 Å². The lowest BCUT2D eigenvalue weighted by Gasteiger charge is -2.29. The molecule has 0 bridgehead atoms. The third kappa shape index (κ3) is 4.97. The van der Waals surface area contributed by atoms with Crippen molar-refractivity contribution in [1.82, 2.24) is 4.90 Å². The fourth-order valence-electron chi connectivity index (χ4n) is 5.37. The Balaban J connectivity index is 1.25. The summed E-state index contributed by atoms with van der Waals surface area (Å²) in [5.41, 5.74) is 13.1. The average molecular weight is 497 g/mol. The van der Waals surface area contributed by atoms with Gasteiger partial charge < -0.3 is 20.7 Å². The second-order valence-corrected chi connectivity index (χ2v) is 10.1. The Labute approximate surface area is 217 Å². The monoisotopic (exact) mass is 496 g/mol. The molecule has 0 atom stereocenters. The molecule has 2 fully saturated rings. The van der Waals surface area contributed by atoms with Crippen LogP contribution in [0.3, 0.4) is 0 Å². The van der Waals surface area contributed by atoms with Gasteiger partial charge in [0.2, 0.25) is 5.91 Å². The topological polar surface area (TPSA) is 87.9 Å². The maximum absolute atomic E-state index is 13.4. The molecular weight excluding hydrogens is 464 g/mol. The van der Waals surface area contributed by atoms with E-state index in [2.05, 4.69) is 10.2 Å². The Morgan fingerprint density at radius 1 is 0.973 bits per heavy atom. The van der Waals surface area contributed by atoms with Gasteiger partial charge in [0.25, 0.3) is 5.91 Å². The maximum atomic E-state index is 13.4. The Bertz CT molecular complexity index is 1330. The Kier molecular flexibility index (Phi) is 6.40. The zero-order chi connectivity index (χ0) is 25.4. The van der Waals surface area contributed by atoms with Gasteiger partial charge in [-0.05, 0) is 65.3 Å². The number of rotatable bonds is 7. The summed E-state index contributed by atoms with van der Waals surface area (Å²) >= 11 is 0. The Morgan fingerprint density at radius 3 is 2.51 bits per heavy atom. The summed E-state index contributed by atoms with van der Waals surface area (Å²) in [5.74, 6) is 0.313. The number of nitrogens with zero attached hydrogens (tertiary/aromatic N) is 2. The van der Waals surface area contributed by atoms with Crippen molar-refractivity contribution in [3.63, 3.8) is 0 Å². The van der Waals surface area contributed by atoms with Crippen molar-refractivity contribution in [3.05, 3.63) is 77.4 Å². The maximum Gasteiger partial charge on any atom is 0.255 e. The third-order valence-electron chi connectivity index (χ3n) is 7.56. The molecule has 1 aliphatic carbocycles. The molecule has 2 heterocycles. The number of anilines is 3. The van der Waals surface area contributed by atoms with Crippen molar-refractivity contribution in [2.24, 2.45) is 0 Å². The van der Waals surface area contributed by atoms with E-state index >= 15 is 0 Å². The van der Waals surface area contributed by atoms with Crippen LogP contribution in [0.25, 0.3) is 11.1 Å². The number of hydrogen-bond acceptors (Lipinski definition) is 5. The number of nitrogens with two attached hydrogens (primary N) is 1. The van der Waals surface area contributed by atoms with Gasteiger partial charge in [0, 0.05) is 31.7 Å². The molecule has 0 unspecified atom stereocenters. The van der Waals surface area contributed by atoms with E-state index in [0.717, 1.165) is 73.6 Å². The highest BCUT2D eigenvalue weighted by Gasteiger charge is 2.36. The predicted molar refractivity (Wildman–Crippen MR) is 146 cm³/mol. The number of nitrogen functional groups attached to an aromatic ring is 1. The number of ether oxygens (including phenoxy) is 1. The molecule has 7 heteroatoms. The average Bonchev–Trinajstić information content (AvgIpc) is 3.72. The van der Waals surface area contributed by atoms with Crippen molar-refractivity contribution < 1.29 is 14.3 Å². The van der Waals surface area contributed by atoms with E-state index in [1.165, 1.54) is 0 Å². The molecule has 37 heavy (non-hydrogen) atoms. The predicted octanol–water partition coefficient (Wildman–Crippen LogP) is 4.29. The molecule has 3 aromatic carbocycles. The minimum absolute atomic E-state index is 0.113. The summed E-state index contributed by atoms with van der Waals surface area (Å²) in [6.07, 6.45) is 2.52. The van der Waals surface area contributed by atoms with Crippen molar-refractivity contribution >= 4 is 28.9 Å². The lowest BCUT2D eigenvalue weighted by Crippen LogP contribution is -2.42. The SMILES string of the molecule is Nc1ccc(-c2ccccc2)cc1NC(=O)c1cc2c(c(C3CC3)c1)N(CCN1CCOCC1)C(=O)C2. The number of carbonyl (C=O) groups excluding carboxylic acids is 2. The number of carbonyl (C=O) groups is 2. The van der Waals surface area contributed by atoms with Crippen LogP contribution in [0.4, 0.5) is 17.1 Å². The smallest absolute Gasteiger partial charge is 0.255 e. The van der Waals surface area contributed by atoms with Crippen LogP contribution < -0.4 is 16.0 Å². The van der Waals surface area contributed by atoms with Crippen LogP contribution >= 0.6 is 0 Å². The lowest BCUT2D eigenvalue weighted by atomic mass is 9.98. The molecule has 0 radical (unpaired) electrons. The summed E-state index contributed by atoms with van der Waals surface area (Å²) in [6.45, 7) is 4.79. The highest BCUT2D eigenvalue weighted by molar-refractivity contribution is 6.09. The largest absolute Gasteiger partial charge is 0.397 e. The van der Waals surface area contributed by atoms with Crippen LogP contribution in [-0.4, -0.2) is 56.1 Å². The molecule has 1 saturated carbocycles. The van der Waals surface area contributed by atoms with Gasteiger partial charge in [-0.1, -0.05) is 36.4 Å². The van der Waals surface area contributed by atoms with E-state index in [4.69, 9.17) is 10.5 Å². The van der Waals surface area contributed by atoms with E-state index in [-0.39, 0.29) is 11.8 Å². The summed E-state index contributed by atoms with van der Waals surface area (Å²) in [5, 5.41) is 3.02. The van der Waals surface area contributed by atoms with Gasteiger partial charge in [0.15, 0.2) is 0 Å². The number of hydrogen-bond donors (Lipinski definition) is 2. The zero-order valence-corrected chi connectivity index (χ0v) is 20.9. The van der Waals surface area contributed by atoms with E-state index in [1.807, 2.05) is 65.6 Å². The van der Waals surface area contributed by atoms with Gasteiger partial charge in [0.1, 0.15) is 0 Å². The number of amides is 2. The van der Waals surface area contributed by atoms with Crippen LogP contribution in [0.1, 0.15) is 40.2 Å². The first kappa shape index (κ1) is 23.7. The number of fused-ring (bicyclic) bond motifs is 1. The van der Waals surface area contributed by atoms with Gasteiger partial charge in [0.05, 0.1) is 36.7 Å². The lowest BCUT2D eigenvalue weighted by molar-refractivity contribution is -0.117. The van der Waals surface area contributed by atoms with E-state index in [0.29, 0.717) is 35.8 Å². The number of benzene rings is 3. The molecule has 2 aliphatic heterocycles. The normalized spacial score (nSPS) is 17.6. The first-order valence-corrected chi connectivity index (χ1v) is 13.1. The molecule has 7 nitrogen and oxygen atoms in total. The first-order valence-electron chi connectivity index (χ1n) is 13.1. The minimum atomic E-state index is -0.208. The number of nitrogens with one attached hydrogen (secondary N) is 1. The van der Waals surface area contributed by atoms with E-state index < -0.39 is 0 Å². The van der Waals surface area contributed by atoms with E-state index in [1.54, 1.807) is 0 Å². The van der Waals surface area contributed by atoms with Crippen LogP contribution in [-0.2, 0) is 16.0 Å². The van der Waals surface area contributed by atoms with Crippen LogP contribution in [0.15, 0.2) is 60.7 Å². The molecule has 3 aromatic rings. The van der Waals surface area contributed by atoms with Crippen molar-refractivity contribution in [2.75, 3.05) is 55.3 Å². The van der Waals surface area contributed by atoms with Gasteiger partial charge >= 0.3 is 0 Å². The molecule has 0 spiro atoms. The highest BCUT2D eigenvalue weighted by atomic mass is 16.5. The summed E-state index contributed by atoms with van der Waals surface area (Å²) in [7, 11) is 0. The fraction of sp³-hybridized carbons (Fsp3) is 0.333. The zero-order valence-electron chi connectivity index (χ0n) is 20.9. The summed E-state index contributed by atoms with van der Waals surface area (Å²) < 4.78 is 5.45. The minimum Gasteiger partial charge on any atom is -0.397 e. The molecule has 2 amide bonds. The van der Waals surface area contributed by atoms with Gasteiger partial charge in [-0.15, -0.1) is 0 Å². The Hall–Kier alpha value is -3.68. The van der Waals surface area contributed by atoms with Gasteiger partial charge in [-0.2, -0.15) is 0 Å². The second kappa shape index (κ2) is 10.00. The Morgan fingerprint density at radius 2 is 1.76 bits per heavy atom. The molecule has 3 N–H and O–H groups in total. The molecule has 6 rings (SSSR count). The first-order chi connectivity index (χ1) is 18.1. The van der Waals surface area contributed by atoms with Gasteiger partial charge in [-0.3, -0.25) is 14.5 Å². The molecule has 0 aromatic heterocycles. The quantitative estimate of drug-likeness (QED) is 0.477. The summed E-state index contributed by atoms with van der Waals surface area (Å²) in [6, 6.07) is 19.6. The molecule has 1 saturated heterocycles.